The molecular weight excluding hydrogens is 230 g/mol. The first-order valence-electron chi connectivity index (χ1n) is 6.08. The third-order valence-electron chi connectivity index (χ3n) is 3.07. The molecule has 1 aromatic heterocycles. The highest BCUT2D eigenvalue weighted by Gasteiger charge is 2.25. The monoisotopic (exact) mass is 251 g/mol. The Kier molecular flexibility index (Phi) is 5.22. The van der Waals surface area contributed by atoms with Crippen LogP contribution in [0.4, 0.5) is 0 Å². The van der Waals surface area contributed by atoms with Crippen LogP contribution in [0.25, 0.3) is 0 Å². The van der Waals surface area contributed by atoms with Crippen LogP contribution in [0.3, 0.4) is 0 Å². The zero-order chi connectivity index (χ0) is 13.6. The number of esters is 1. The van der Waals surface area contributed by atoms with Crippen molar-refractivity contribution in [3.8, 4) is 0 Å². The number of aromatic nitrogens is 2. The largest absolute Gasteiger partial charge is 0.469 e. The molecule has 1 rings (SSSR count). The topological polar surface area (TPSA) is 64.1 Å². The van der Waals surface area contributed by atoms with Gasteiger partial charge in [-0.3, -0.25) is 14.8 Å². The summed E-state index contributed by atoms with van der Waals surface area (Å²) in [5.74, 6) is -0.207. The van der Waals surface area contributed by atoms with Gasteiger partial charge in [0.25, 0.3) is 0 Å². The first-order valence-corrected chi connectivity index (χ1v) is 6.08. The Balaban J connectivity index is 2.57. The van der Waals surface area contributed by atoms with Crippen LogP contribution in [0.1, 0.15) is 38.1 Å². The molecule has 1 N–H and O–H groups in total. The van der Waals surface area contributed by atoms with Gasteiger partial charge in [0.05, 0.1) is 24.9 Å². The molecule has 5 nitrogen and oxygen atoms in total. The Hall–Kier alpha value is -1.49. The molecule has 0 spiro atoms. The summed E-state index contributed by atoms with van der Waals surface area (Å²) in [4.78, 5) is 19.8. The predicted octanol–water partition coefficient (Wildman–Crippen LogP) is 1.61. The Labute approximate surface area is 108 Å². The lowest BCUT2D eigenvalue weighted by molar-refractivity contribution is -0.142. The number of nitrogens with zero attached hydrogens (tertiary/aromatic N) is 2. The van der Waals surface area contributed by atoms with E-state index in [1.807, 2.05) is 20.8 Å². The highest BCUT2D eigenvalue weighted by molar-refractivity contribution is 5.70. The van der Waals surface area contributed by atoms with Gasteiger partial charge < -0.3 is 10.1 Å². The second kappa shape index (κ2) is 6.44. The fraction of sp³-hybridized carbons (Fsp3) is 0.615. The third-order valence-corrected chi connectivity index (χ3v) is 3.07. The Morgan fingerprint density at radius 3 is 2.67 bits per heavy atom. The quantitative estimate of drug-likeness (QED) is 0.778. The molecule has 0 saturated heterocycles. The minimum Gasteiger partial charge on any atom is -0.469 e. The number of hydrogen-bond acceptors (Lipinski definition) is 5. The van der Waals surface area contributed by atoms with Crippen LogP contribution in [0.2, 0.25) is 0 Å². The van der Waals surface area contributed by atoms with Crippen LogP contribution in [-0.2, 0) is 16.1 Å². The SMILES string of the molecule is CCC(C)(CC(=O)OC)NCc1cnc(C)cn1. The van der Waals surface area contributed by atoms with E-state index in [2.05, 4.69) is 15.3 Å². The van der Waals surface area contributed by atoms with Gasteiger partial charge in [0.2, 0.25) is 0 Å². The van der Waals surface area contributed by atoms with Gasteiger partial charge >= 0.3 is 5.97 Å². The van der Waals surface area contributed by atoms with Crippen molar-refractivity contribution in [1.29, 1.82) is 0 Å². The molecule has 0 aromatic carbocycles. The molecule has 0 fully saturated rings. The van der Waals surface area contributed by atoms with Crippen molar-refractivity contribution in [2.45, 2.75) is 45.7 Å². The smallest absolute Gasteiger partial charge is 0.307 e. The van der Waals surface area contributed by atoms with Crippen LogP contribution < -0.4 is 5.32 Å². The number of aryl methyl sites for hydroxylation is 1. The number of hydrogen-bond donors (Lipinski definition) is 1. The fourth-order valence-corrected chi connectivity index (χ4v) is 1.52. The van der Waals surface area contributed by atoms with Crippen molar-refractivity contribution < 1.29 is 9.53 Å². The maximum Gasteiger partial charge on any atom is 0.307 e. The summed E-state index contributed by atoms with van der Waals surface area (Å²) in [5, 5.41) is 3.34. The summed E-state index contributed by atoms with van der Waals surface area (Å²) >= 11 is 0. The second-order valence-corrected chi connectivity index (χ2v) is 4.67. The fourth-order valence-electron chi connectivity index (χ4n) is 1.52. The van der Waals surface area contributed by atoms with Crippen LogP contribution in [0, 0.1) is 6.92 Å². The summed E-state index contributed by atoms with van der Waals surface area (Å²) in [6.07, 6.45) is 4.66. The molecule has 0 saturated carbocycles. The van der Waals surface area contributed by atoms with E-state index in [4.69, 9.17) is 4.74 Å². The lowest BCUT2D eigenvalue weighted by Crippen LogP contribution is -2.43. The van der Waals surface area contributed by atoms with Crippen LogP contribution in [-0.4, -0.2) is 28.6 Å². The van der Waals surface area contributed by atoms with Crippen molar-refractivity contribution in [3.63, 3.8) is 0 Å². The molecule has 1 heterocycles. The number of carbonyl (C=O) groups is 1. The van der Waals surface area contributed by atoms with Crippen LogP contribution in [0.5, 0.6) is 0 Å². The number of ether oxygens (including phenoxy) is 1. The number of carbonyl (C=O) groups excluding carboxylic acids is 1. The predicted molar refractivity (Wildman–Crippen MR) is 68.9 cm³/mol. The van der Waals surface area contributed by atoms with E-state index in [1.165, 1.54) is 7.11 Å². The van der Waals surface area contributed by atoms with E-state index in [-0.39, 0.29) is 11.5 Å². The van der Waals surface area contributed by atoms with Gasteiger partial charge in [0.15, 0.2) is 0 Å². The average Bonchev–Trinajstić information content (AvgIpc) is 2.38. The van der Waals surface area contributed by atoms with E-state index in [9.17, 15) is 4.79 Å². The van der Waals surface area contributed by atoms with E-state index in [1.54, 1.807) is 12.4 Å². The molecular formula is C13H21N3O2. The second-order valence-electron chi connectivity index (χ2n) is 4.67. The van der Waals surface area contributed by atoms with Gasteiger partial charge in [-0.05, 0) is 20.3 Å². The van der Waals surface area contributed by atoms with Gasteiger partial charge in [-0.2, -0.15) is 0 Å². The molecule has 0 aliphatic heterocycles. The van der Waals surface area contributed by atoms with Crippen molar-refractivity contribution in [1.82, 2.24) is 15.3 Å². The molecule has 0 aliphatic carbocycles. The normalized spacial score (nSPS) is 14.0. The molecule has 1 aromatic rings. The average molecular weight is 251 g/mol. The molecule has 0 bridgehead atoms. The molecule has 0 amide bonds. The number of rotatable bonds is 6. The van der Waals surface area contributed by atoms with Crippen molar-refractivity contribution >= 4 is 5.97 Å². The summed E-state index contributed by atoms with van der Waals surface area (Å²) in [6.45, 7) is 6.54. The number of nitrogens with one attached hydrogen (secondary N) is 1. The van der Waals surface area contributed by atoms with Gasteiger partial charge in [-0.1, -0.05) is 6.92 Å². The van der Waals surface area contributed by atoms with Crippen molar-refractivity contribution in [3.05, 3.63) is 23.8 Å². The van der Waals surface area contributed by atoms with E-state index in [0.717, 1.165) is 17.8 Å². The van der Waals surface area contributed by atoms with Crippen LogP contribution >= 0.6 is 0 Å². The molecule has 5 heteroatoms. The lowest BCUT2D eigenvalue weighted by atomic mass is 9.94. The molecule has 0 aliphatic rings. The summed E-state index contributed by atoms with van der Waals surface area (Å²) in [7, 11) is 1.41. The molecule has 1 unspecified atom stereocenters. The molecule has 0 radical (unpaired) electrons. The van der Waals surface area contributed by atoms with Gasteiger partial charge in [-0.15, -0.1) is 0 Å². The third kappa shape index (κ3) is 4.41. The van der Waals surface area contributed by atoms with Crippen molar-refractivity contribution in [2.24, 2.45) is 0 Å². The Bertz CT molecular complexity index is 392. The molecule has 1 atom stereocenters. The molecule has 18 heavy (non-hydrogen) atoms. The summed E-state index contributed by atoms with van der Waals surface area (Å²) in [6, 6.07) is 0. The lowest BCUT2D eigenvalue weighted by Gasteiger charge is -2.28. The van der Waals surface area contributed by atoms with Gasteiger partial charge in [-0.25, -0.2) is 0 Å². The minimum atomic E-state index is -0.278. The van der Waals surface area contributed by atoms with E-state index >= 15 is 0 Å². The highest BCUT2D eigenvalue weighted by atomic mass is 16.5. The van der Waals surface area contributed by atoms with E-state index < -0.39 is 0 Å². The molecule has 100 valence electrons. The zero-order valence-electron chi connectivity index (χ0n) is 11.5. The maximum atomic E-state index is 11.4. The Morgan fingerprint density at radius 2 is 2.17 bits per heavy atom. The van der Waals surface area contributed by atoms with Crippen molar-refractivity contribution in [2.75, 3.05) is 7.11 Å². The standard InChI is InChI=1S/C13H21N3O2/c1-5-13(3,6-12(17)18-4)16-9-11-8-14-10(2)7-15-11/h7-8,16H,5-6,9H2,1-4H3. The first-order chi connectivity index (χ1) is 8.49. The summed E-state index contributed by atoms with van der Waals surface area (Å²) < 4.78 is 4.71. The Morgan fingerprint density at radius 1 is 1.44 bits per heavy atom. The minimum absolute atomic E-state index is 0.207. The zero-order valence-corrected chi connectivity index (χ0v) is 11.5. The first kappa shape index (κ1) is 14.6. The van der Waals surface area contributed by atoms with Gasteiger partial charge in [0.1, 0.15) is 0 Å². The van der Waals surface area contributed by atoms with Gasteiger partial charge in [0, 0.05) is 24.5 Å². The highest BCUT2D eigenvalue weighted by Crippen LogP contribution is 2.15. The number of methoxy groups -OCH3 is 1. The van der Waals surface area contributed by atoms with Crippen LogP contribution in [0.15, 0.2) is 12.4 Å². The van der Waals surface area contributed by atoms with E-state index in [0.29, 0.717) is 13.0 Å². The maximum absolute atomic E-state index is 11.4. The summed E-state index contributed by atoms with van der Waals surface area (Å²) in [5.41, 5.74) is 1.48.